The zero-order chi connectivity index (χ0) is 17.2. The summed E-state index contributed by atoms with van der Waals surface area (Å²) in [7, 11) is -4.15. The van der Waals surface area contributed by atoms with Crippen molar-refractivity contribution in [2.24, 2.45) is 0 Å². The molecule has 1 amide bonds. The van der Waals surface area contributed by atoms with Crippen molar-refractivity contribution in [3.63, 3.8) is 0 Å². The van der Waals surface area contributed by atoms with Crippen LogP contribution in [0.5, 0.6) is 5.75 Å². The van der Waals surface area contributed by atoms with Crippen molar-refractivity contribution >= 4 is 27.3 Å². The van der Waals surface area contributed by atoms with E-state index in [1.165, 1.54) is 25.1 Å². The molecule has 124 valence electrons. The Balaban J connectivity index is 2.31. The van der Waals surface area contributed by atoms with Crippen LogP contribution in [0.1, 0.15) is 21.1 Å². The standard InChI is InChI=1S/C13H12F2N2O4S2/c1-7-12(22-8(2)16-7)23(19,20)17-11(18)9-5-3-4-6-10(9)21-13(14)15/h3-6,13H,1-2H3,(H,17,18). The molecule has 1 heterocycles. The minimum absolute atomic E-state index is 0.101. The van der Waals surface area contributed by atoms with Gasteiger partial charge in [-0.1, -0.05) is 12.1 Å². The highest BCUT2D eigenvalue weighted by Gasteiger charge is 2.25. The number of hydrogen-bond acceptors (Lipinski definition) is 6. The first-order valence-corrected chi connectivity index (χ1v) is 8.55. The summed E-state index contributed by atoms with van der Waals surface area (Å²) in [5.74, 6) is -1.47. The van der Waals surface area contributed by atoms with Crippen LogP contribution in [0.2, 0.25) is 0 Å². The van der Waals surface area contributed by atoms with Gasteiger partial charge in [0.05, 0.1) is 16.3 Å². The predicted octanol–water partition coefficient (Wildman–Crippen LogP) is 2.48. The van der Waals surface area contributed by atoms with E-state index in [0.29, 0.717) is 5.01 Å². The summed E-state index contributed by atoms with van der Waals surface area (Å²) in [6.07, 6.45) is 0. The third kappa shape index (κ3) is 4.02. The fourth-order valence-corrected chi connectivity index (χ4v) is 4.29. The van der Waals surface area contributed by atoms with Gasteiger partial charge in [0.15, 0.2) is 4.21 Å². The number of para-hydroxylation sites is 1. The molecule has 1 aromatic heterocycles. The second kappa shape index (κ2) is 6.59. The summed E-state index contributed by atoms with van der Waals surface area (Å²) in [6.45, 7) is -0.00678. The number of rotatable bonds is 5. The first kappa shape index (κ1) is 17.3. The van der Waals surface area contributed by atoms with Crippen molar-refractivity contribution < 1.29 is 26.7 Å². The minimum Gasteiger partial charge on any atom is -0.434 e. The molecule has 2 rings (SSSR count). The highest BCUT2D eigenvalue weighted by molar-refractivity contribution is 7.92. The SMILES string of the molecule is Cc1nc(C)c(S(=O)(=O)NC(=O)c2ccccc2OC(F)F)s1. The van der Waals surface area contributed by atoms with Gasteiger partial charge >= 0.3 is 6.61 Å². The fraction of sp³-hybridized carbons (Fsp3) is 0.231. The monoisotopic (exact) mass is 362 g/mol. The molecule has 6 nitrogen and oxygen atoms in total. The molecule has 1 aromatic carbocycles. The quantitative estimate of drug-likeness (QED) is 0.883. The van der Waals surface area contributed by atoms with Crippen LogP contribution in [0.3, 0.4) is 0 Å². The largest absolute Gasteiger partial charge is 0.434 e. The number of nitrogens with one attached hydrogen (secondary N) is 1. The Hall–Kier alpha value is -2.07. The highest BCUT2D eigenvalue weighted by atomic mass is 32.2. The summed E-state index contributed by atoms with van der Waals surface area (Å²) in [6, 6.07) is 5.13. The molecular formula is C13H12F2N2O4S2. The van der Waals surface area contributed by atoms with Crippen LogP contribution in [-0.4, -0.2) is 25.9 Å². The molecule has 2 aromatic rings. The van der Waals surface area contributed by atoms with Crippen LogP contribution in [0, 0.1) is 13.8 Å². The predicted molar refractivity (Wildman–Crippen MR) is 79.3 cm³/mol. The summed E-state index contributed by atoms with van der Waals surface area (Å²) in [4.78, 5) is 16.1. The molecular weight excluding hydrogens is 350 g/mol. The van der Waals surface area contributed by atoms with E-state index in [2.05, 4.69) is 9.72 Å². The van der Waals surface area contributed by atoms with E-state index in [0.717, 1.165) is 17.4 Å². The smallest absolute Gasteiger partial charge is 0.387 e. The van der Waals surface area contributed by atoms with Crippen molar-refractivity contribution in [2.45, 2.75) is 24.7 Å². The third-order valence-electron chi connectivity index (χ3n) is 2.68. The van der Waals surface area contributed by atoms with Gasteiger partial charge in [-0.15, -0.1) is 11.3 Å². The van der Waals surface area contributed by atoms with Crippen LogP contribution in [0.25, 0.3) is 0 Å². The molecule has 0 aliphatic rings. The molecule has 23 heavy (non-hydrogen) atoms. The minimum atomic E-state index is -4.15. The number of halogens is 2. The molecule has 1 N–H and O–H groups in total. The summed E-state index contributed by atoms with van der Waals surface area (Å²) in [5.41, 5.74) is -0.0554. The average Bonchev–Trinajstić information content (AvgIpc) is 2.78. The number of carbonyl (C=O) groups is 1. The van der Waals surface area contributed by atoms with Crippen molar-refractivity contribution in [3.8, 4) is 5.75 Å². The number of nitrogens with zero attached hydrogens (tertiary/aromatic N) is 1. The summed E-state index contributed by atoms with van der Waals surface area (Å²) in [5, 5.41) is 0.525. The average molecular weight is 362 g/mol. The lowest BCUT2D eigenvalue weighted by Crippen LogP contribution is -2.31. The Morgan fingerprint density at radius 3 is 2.52 bits per heavy atom. The van der Waals surface area contributed by atoms with Crippen molar-refractivity contribution in [2.75, 3.05) is 0 Å². The molecule has 0 spiro atoms. The Labute approximate surface area is 135 Å². The van der Waals surface area contributed by atoms with Gasteiger partial charge < -0.3 is 4.74 Å². The van der Waals surface area contributed by atoms with E-state index < -0.39 is 28.3 Å². The first-order valence-electron chi connectivity index (χ1n) is 6.25. The number of aryl methyl sites for hydroxylation is 2. The van der Waals surface area contributed by atoms with Gasteiger partial charge in [0.25, 0.3) is 15.9 Å². The van der Waals surface area contributed by atoms with Gasteiger partial charge in [-0.3, -0.25) is 4.79 Å². The van der Waals surface area contributed by atoms with E-state index in [1.807, 2.05) is 4.72 Å². The van der Waals surface area contributed by atoms with Crippen molar-refractivity contribution in [3.05, 3.63) is 40.5 Å². The molecule has 0 aliphatic heterocycles. The van der Waals surface area contributed by atoms with Crippen LogP contribution in [-0.2, 0) is 10.0 Å². The number of hydrogen-bond donors (Lipinski definition) is 1. The third-order valence-corrected chi connectivity index (χ3v) is 5.69. The highest BCUT2D eigenvalue weighted by Crippen LogP contribution is 2.24. The van der Waals surface area contributed by atoms with Crippen LogP contribution >= 0.6 is 11.3 Å². The van der Waals surface area contributed by atoms with Crippen LogP contribution in [0.15, 0.2) is 28.5 Å². The maximum atomic E-state index is 12.3. The zero-order valence-electron chi connectivity index (χ0n) is 12.0. The summed E-state index contributed by atoms with van der Waals surface area (Å²) < 4.78 is 55.1. The number of aromatic nitrogens is 1. The van der Waals surface area contributed by atoms with Gasteiger partial charge in [0.1, 0.15) is 5.75 Å². The van der Waals surface area contributed by atoms with Gasteiger partial charge in [0, 0.05) is 0 Å². The first-order chi connectivity index (χ1) is 10.7. The molecule has 0 aliphatic carbocycles. The maximum absolute atomic E-state index is 12.3. The van der Waals surface area contributed by atoms with E-state index in [-0.39, 0.29) is 15.5 Å². The normalized spacial score (nSPS) is 11.5. The number of benzene rings is 1. The van der Waals surface area contributed by atoms with Crippen molar-refractivity contribution in [1.82, 2.24) is 9.71 Å². The number of thiazole rings is 1. The molecule has 0 bridgehead atoms. The Bertz CT molecular complexity index is 834. The number of ether oxygens (including phenoxy) is 1. The van der Waals surface area contributed by atoms with E-state index in [4.69, 9.17) is 0 Å². The second-order valence-electron chi connectivity index (χ2n) is 4.42. The Morgan fingerprint density at radius 2 is 1.96 bits per heavy atom. The van der Waals surface area contributed by atoms with E-state index in [9.17, 15) is 22.0 Å². The van der Waals surface area contributed by atoms with Crippen LogP contribution < -0.4 is 9.46 Å². The Morgan fingerprint density at radius 1 is 1.30 bits per heavy atom. The summed E-state index contributed by atoms with van der Waals surface area (Å²) >= 11 is 0.908. The van der Waals surface area contributed by atoms with Gasteiger partial charge in [0.2, 0.25) is 0 Å². The molecule has 0 atom stereocenters. The number of alkyl halides is 2. The zero-order valence-corrected chi connectivity index (χ0v) is 13.7. The van der Waals surface area contributed by atoms with E-state index in [1.54, 1.807) is 6.92 Å². The number of carbonyl (C=O) groups excluding carboxylic acids is 1. The second-order valence-corrected chi connectivity index (χ2v) is 7.50. The van der Waals surface area contributed by atoms with Gasteiger partial charge in [-0.25, -0.2) is 18.1 Å². The lowest BCUT2D eigenvalue weighted by atomic mass is 10.2. The fourth-order valence-electron chi connectivity index (χ4n) is 1.84. The molecule has 0 unspecified atom stereocenters. The van der Waals surface area contributed by atoms with Gasteiger partial charge in [-0.05, 0) is 26.0 Å². The van der Waals surface area contributed by atoms with Gasteiger partial charge in [-0.2, -0.15) is 8.78 Å². The molecule has 0 fully saturated rings. The van der Waals surface area contributed by atoms with Crippen LogP contribution in [0.4, 0.5) is 8.78 Å². The molecule has 0 saturated heterocycles. The van der Waals surface area contributed by atoms with Crippen molar-refractivity contribution in [1.29, 1.82) is 0 Å². The maximum Gasteiger partial charge on any atom is 0.387 e. The number of amides is 1. The lowest BCUT2D eigenvalue weighted by molar-refractivity contribution is -0.0501. The lowest BCUT2D eigenvalue weighted by Gasteiger charge is -2.10. The Kier molecular flexibility index (Phi) is 4.95. The molecule has 10 heteroatoms. The molecule has 0 radical (unpaired) electrons. The number of sulfonamides is 1. The van der Waals surface area contributed by atoms with E-state index >= 15 is 0 Å². The molecule has 0 saturated carbocycles. The topological polar surface area (TPSA) is 85.4 Å².